The summed E-state index contributed by atoms with van der Waals surface area (Å²) in [5, 5.41) is 7.39. The molecule has 0 spiro atoms. The summed E-state index contributed by atoms with van der Waals surface area (Å²) in [5.74, 6) is 2.55. The highest BCUT2D eigenvalue weighted by Crippen LogP contribution is 2.28. The maximum absolute atomic E-state index is 12.4. The molecule has 7 heteroatoms. The number of hydrogen-bond acceptors (Lipinski definition) is 5. The first kappa shape index (κ1) is 14.4. The lowest BCUT2D eigenvalue weighted by Crippen LogP contribution is -2.44. The molecule has 7 nitrogen and oxygen atoms in total. The molecule has 0 bridgehead atoms. The van der Waals surface area contributed by atoms with E-state index in [2.05, 4.69) is 25.3 Å². The van der Waals surface area contributed by atoms with Gasteiger partial charge >= 0.3 is 0 Å². The molecule has 1 saturated carbocycles. The Morgan fingerprint density at radius 1 is 1.39 bits per heavy atom. The number of carbonyl (C=O) groups is 1. The van der Waals surface area contributed by atoms with E-state index in [0.29, 0.717) is 5.78 Å². The maximum Gasteiger partial charge on any atom is 0.254 e. The summed E-state index contributed by atoms with van der Waals surface area (Å²) >= 11 is 0. The average Bonchev–Trinajstić information content (AvgIpc) is 3.28. The van der Waals surface area contributed by atoms with E-state index in [4.69, 9.17) is 0 Å². The zero-order valence-electron chi connectivity index (χ0n) is 13.4. The standard InChI is InChI=1S/C16H22N6O/c1-11-7-14(22-16(20-11)18-10-19-22)21-6-2-3-13(9-21)15(23)17-8-12-4-5-12/h7,10,12-13H,2-6,8-9H2,1H3,(H,17,23). The van der Waals surface area contributed by atoms with Gasteiger partial charge in [-0.3, -0.25) is 4.79 Å². The Balaban J connectivity index is 1.51. The van der Waals surface area contributed by atoms with E-state index < -0.39 is 0 Å². The molecule has 1 amide bonds. The van der Waals surface area contributed by atoms with E-state index in [1.54, 1.807) is 4.52 Å². The zero-order chi connectivity index (χ0) is 15.8. The molecule has 2 fully saturated rings. The quantitative estimate of drug-likeness (QED) is 0.917. The van der Waals surface area contributed by atoms with Crippen LogP contribution in [0.25, 0.3) is 5.78 Å². The highest BCUT2D eigenvalue weighted by molar-refractivity contribution is 5.79. The van der Waals surface area contributed by atoms with E-state index in [-0.39, 0.29) is 11.8 Å². The molecule has 3 heterocycles. The topological polar surface area (TPSA) is 75.4 Å². The molecule has 2 aromatic rings. The highest BCUT2D eigenvalue weighted by Gasteiger charge is 2.29. The normalized spacial score (nSPS) is 21.6. The van der Waals surface area contributed by atoms with Gasteiger partial charge in [-0.05, 0) is 38.5 Å². The van der Waals surface area contributed by atoms with Gasteiger partial charge in [-0.15, -0.1) is 0 Å². The fraction of sp³-hybridized carbons (Fsp3) is 0.625. The van der Waals surface area contributed by atoms with E-state index in [1.165, 1.54) is 19.2 Å². The van der Waals surface area contributed by atoms with Crippen molar-refractivity contribution in [2.75, 3.05) is 24.5 Å². The van der Waals surface area contributed by atoms with Crippen LogP contribution in [-0.2, 0) is 4.79 Å². The van der Waals surface area contributed by atoms with Crippen molar-refractivity contribution in [3.8, 4) is 0 Å². The van der Waals surface area contributed by atoms with Crippen LogP contribution in [0.4, 0.5) is 5.82 Å². The van der Waals surface area contributed by atoms with Crippen molar-refractivity contribution in [1.82, 2.24) is 24.9 Å². The molecule has 1 aliphatic carbocycles. The Morgan fingerprint density at radius 2 is 2.26 bits per heavy atom. The molecule has 23 heavy (non-hydrogen) atoms. The number of amides is 1. The Morgan fingerprint density at radius 3 is 3.09 bits per heavy atom. The predicted octanol–water partition coefficient (Wildman–Crippen LogP) is 1.18. The van der Waals surface area contributed by atoms with E-state index in [0.717, 1.165) is 49.9 Å². The Bertz CT molecular complexity index is 722. The molecule has 0 radical (unpaired) electrons. The second-order valence-electron chi connectivity index (χ2n) is 6.70. The van der Waals surface area contributed by atoms with Gasteiger partial charge in [0.2, 0.25) is 5.91 Å². The number of aryl methyl sites for hydroxylation is 1. The number of nitrogens with one attached hydrogen (secondary N) is 1. The molecule has 2 aromatic heterocycles. The van der Waals surface area contributed by atoms with Crippen LogP contribution >= 0.6 is 0 Å². The van der Waals surface area contributed by atoms with E-state index in [9.17, 15) is 4.79 Å². The van der Waals surface area contributed by atoms with Gasteiger partial charge in [0.1, 0.15) is 12.1 Å². The molecule has 1 N–H and O–H groups in total. The lowest BCUT2D eigenvalue weighted by molar-refractivity contribution is -0.125. The van der Waals surface area contributed by atoms with Gasteiger partial charge in [0.05, 0.1) is 5.92 Å². The Hall–Kier alpha value is -2.18. The minimum atomic E-state index is 0.0505. The van der Waals surface area contributed by atoms with Crippen LogP contribution in [-0.4, -0.2) is 45.1 Å². The molecule has 1 atom stereocenters. The third-order valence-corrected chi connectivity index (χ3v) is 4.74. The Labute approximate surface area is 135 Å². The molecular formula is C16H22N6O. The largest absolute Gasteiger partial charge is 0.356 e. The van der Waals surface area contributed by atoms with Gasteiger partial charge in [0.25, 0.3) is 5.78 Å². The van der Waals surface area contributed by atoms with Crippen molar-refractivity contribution in [1.29, 1.82) is 0 Å². The summed E-state index contributed by atoms with van der Waals surface area (Å²) in [6.07, 6.45) is 6.01. The second-order valence-corrected chi connectivity index (χ2v) is 6.70. The maximum atomic E-state index is 12.4. The van der Waals surface area contributed by atoms with Gasteiger partial charge in [0, 0.05) is 31.4 Å². The number of fused-ring (bicyclic) bond motifs is 1. The van der Waals surface area contributed by atoms with Crippen LogP contribution in [0, 0.1) is 18.8 Å². The smallest absolute Gasteiger partial charge is 0.254 e. The summed E-state index contributed by atoms with van der Waals surface area (Å²) in [7, 11) is 0. The van der Waals surface area contributed by atoms with Gasteiger partial charge in [-0.25, -0.2) is 4.98 Å². The molecule has 2 aliphatic rings. The Kier molecular flexibility index (Phi) is 3.63. The summed E-state index contributed by atoms with van der Waals surface area (Å²) in [4.78, 5) is 23.2. The van der Waals surface area contributed by atoms with Crippen molar-refractivity contribution < 1.29 is 4.79 Å². The monoisotopic (exact) mass is 314 g/mol. The van der Waals surface area contributed by atoms with Gasteiger partial charge in [-0.1, -0.05) is 0 Å². The zero-order valence-corrected chi connectivity index (χ0v) is 13.4. The highest BCUT2D eigenvalue weighted by atomic mass is 16.1. The summed E-state index contributed by atoms with van der Waals surface area (Å²) in [5.41, 5.74) is 0.917. The number of carbonyl (C=O) groups excluding carboxylic acids is 1. The molecule has 4 rings (SSSR count). The number of nitrogens with zero attached hydrogens (tertiary/aromatic N) is 5. The van der Waals surface area contributed by atoms with Gasteiger partial charge < -0.3 is 10.2 Å². The summed E-state index contributed by atoms with van der Waals surface area (Å²) in [6.45, 7) is 4.47. The third-order valence-electron chi connectivity index (χ3n) is 4.74. The minimum Gasteiger partial charge on any atom is -0.356 e. The third kappa shape index (κ3) is 3.00. The van der Waals surface area contributed by atoms with Crippen LogP contribution in [0.5, 0.6) is 0 Å². The first-order chi connectivity index (χ1) is 11.2. The number of rotatable bonds is 4. The molecule has 122 valence electrons. The fourth-order valence-electron chi connectivity index (χ4n) is 3.25. The first-order valence-electron chi connectivity index (χ1n) is 8.41. The number of hydrogen-bond donors (Lipinski definition) is 1. The van der Waals surface area contributed by atoms with Crippen molar-refractivity contribution in [3.63, 3.8) is 0 Å². The van der Waals surface area contributed by atoms with Crippen LogP contribution in [0.1, 0.15) is 31.4 Å². The number of piperidine rings is 1. The summed E-state index contributed by atoms with van der Waals surface area (Å²) < 4.78 is 1.76. The van der Waals surface area contributed by atoms with Crippen LogP contribution in [0.2, 0.25) is 0 Å². The van der Waals surface area contributed by atoms with Gasteiger partial charge in [-0.2, -0.15) is 14.6 Å². The second kappa shape index (κ2) is 5.79. The molecular weight excluding hydrogens is 292 g/mol. The molecule has 0 aromatic carbocycles. The SMILES string of the molecule is Cc1cc(N2CCCC(C(=O)NCC3CC3)C2)n2ncnc2n1. The molecule has 1 saturated heterocycles. The van der Waals surface area contributed by atoms with Crippen molar-refractivity contribution in [3.05, 3.63) is 18.1 Å². The predicted molar refractivity (Wildman–Crippen MR) is 86.2 cm³/mol. The number of aromatic nitrogens is 4. The molecule has 1 unspecified atom stereocenters. The van der Waals surface area contributed by atoms with Crippen molar-refractivity contribution >= 4 is 17.5 Å². The average molecular weight is 314 g/mol. The van der Waals surface area contributed by atoms with E-state index in [1.807, 2.05) is 13.0 Å². The number of anilines is 1. The van der Waals surface area contributed by atoms with E-state index >= 15 is 0 Å². The lowest BCUT2D eigenvalue weighted by Gasteiger charge is -2.33. The summed E-state index contributed by atoms with van der Waals surface area (Å²) in [6, 6.07) is 2.02. The van der Waals surface area contributed by atoms with Crippen LogP contribution in [0.15, 0.2) is 12.4 Å². The van der Waals surface area contributed by atoms with Crippen molar-refractivity contribution in [2.45, 2.75) is 32.6 Å². The minimum absolute atomic E-state index is 0.0505. The van der Waals surface area contributed by atoms with Crippen molar-refractivity contribution in [2.24, 2.45) is 11.8 Å². The lowest BCUT2D eigenvalue weighted by atomic mass is 9.97. The van der Waals surface area contributed by atoms with Crippen LogP contribution in [0.3, 0.4) is 0 Å². The van der Waals surface area contributed by atoms with Gasteiger partial charge in [0.15, 0.2) is 0 Å². The molecule has 1 aliphatic heterocycles. The fourth-order valence-corrected chi connectivity index (χ4v) is 3.25. The first-order valence-corrected chi connectivity index (χ1v) is 8.41. The van der Waals surface area contributed by atoms with Crippen LogP contribution < -0.4 is 10.2 Å².